The molecule has 1 aliphatic carbocycles. The van der Waals surface area contributed by atoms with E-state index in [4.69, 9.17) is 36.2 Å². The van der Waals surface area contributed by atoms with Gasteiger partial charge in [-0.1, -0.05) is 29.8 Å². The van der Waals surface area contributed by atoms with Crippen molar-refractivity contribution < 1.29 is 9.47 Å². The van der Waals surface area contributed by atoms with Crippen LogP contribution in [0.2, 0.25) is 5.02 Å². The quantitative estimate of drug-likeness (QED) is 0.221. The van der Waals surface area contributed by atoms with Crippen LogP contribution in [0.1, 0.15) is 42.4 Å². The molecule has 1 saturated carbocycles. The fraction of sp³-hybridized carbons (Fsp3) is 0.258. The molecule has 10 heteroatoms. The second-order valence-electron chi connectivity index (χ2n) is 9.78. The van der Waals surface area contributed by atoms with Crippen molar-refractivity contribution in [3.8, 4) is 17.6 Å². The number of aromatic nitrogens is 3. The maximum atomic E-state index is 9.21. The Kier molecular flexibility index (Phi) is 7.65. The zero-order chi connectivity index (χ0) is 28.2. The summed E-state index contributed by atoms with van der Waals surface area (Å²) >= 11 is 6.54. The molecule has 0 atom stereocenters. The molecule has 3 aromatic carbocycles. The van der Waals surface area contributed by atoms with Gasteiger partial charge in [-0.05, 0) is 67.4 Å². The molecule has 9 nitrogen and oxygen atoms in total. The number of aliphatic imine (C=N–C) groups is 1. The Morgan fingerprint density at radius 2 is 1.78 bits per heavy atom. The van der Waals surface area contributed by atoms with E-state index >= 15 is 0 Å². The van der Waals surface area contributed by atoms with Crippen molar-refractivity contribution in [2.24, 2.45) is 10.1 Å². The molecule has 0 unspecified atom stereocenters. The lowest BCUT2D eigenvalue weighted by Gasteiger charge is -2.24. The van der Waals surface area contributed by atoms with Gasteiger partial charge in [0.1, 0.15) is 29.5 Å². The first-order valence-corrected chi connectivity index (χ1v) is 13.9. The van der Waals surface area contributed by atoms with E-state index in [-0.39, 0.29) is 0 Å². The fourth-order valence-corrected chi connectivity index (χ4v) is 4.83. The zero-order valence-electron chi connectivity index (χ0n) is 22.6. The van der Waals surface area contributed by atoms with Crippen molar-refractivity contribution in [2.45, 2.75) is 25.2 Å². The molecular formula is C31H28ClN7O2. The molecule has 2 aliphatic rings. The molecule has 0 N–H and O–H groups in total. The van der Waals surface area contributed by atoms with Crippen molar-refractivity contribution in [1.29, 1.82) is 5.26 Å². The number of methoxy groups -OCH3 is 1. The number of anilines is 1. The van der Waals surface area contributed by atoms with Crippen LogP contribution in [0.15, 0.2) is 82.9 Å². The highest BCUT2D eigenvalue weighted by Crippen LogP contribution is 2.39. The minimum absolute atomic E-state index is 0.403. The van der Waals surface area contributed by atoms with Crippen molar-refractivity contribution in [2.75, 3.05) is 31.7 Å². The van der Waals surface area contributed by atoms with Crippen LogP contribution in [0.25, 0.3) is 0 Å². The molecule has 0 saturated heterocycles. The molecular weight excluding hydrogens is 538 g/mol. The summed E-state index contributed by atoms with van der Waals surface area (Å²) in [6.07, 6.45) is 2.61. The van der Waals surface area contributed by atoms with E-state index in [0.29, 0.717) is 54.3 Å². The molecule has 6 rings (SSSR count). The van der Waals surface area contributed by atoms with Crippen molar-refractivity contribution in [3.63, 3.8) is 0 Å². The third-order valence-electron chi connectivity index (χ3n) is 6.95. The van der Waals surface area contributed by atoms with Crippen LogP contribution in [0, 0.1) is 11.3 Å². The van der Waals surface area contributed by atoms with Crippen molar-refractivity contribution in [1.82, 2.24) is 14.9 Å². The molecule has 0 amide bonds. The van der Waals surface area contributed by atoms with Crippen LogP contribution in [-0.2, 0) is 0 Å². The van der Waals surface area contributed by atoms with E-state index in [0.717, 1.165) is 47.1 Å². The third kappa shape index (κ3) is 5.93. The monoisotopic (exact) mass is 565 g/mol. The molecule has 0 spiro atoms. The summed E-state index contributed by atoms with van der Waals surface area (Å²) in [6, 6.07) is 25.2. The second-order valence-corrected chi connectivity index (χ2v) is 10.2. The summed E-state index contributed by atoms with van der Waals surface area (Å²) in [6.45, 7) is 1.68. The molecule has 2 heterocycles. The fourth-order valence-electron chi connectivity index (χ4n) is 4.61. The first-order valence-electron chi connectivity index (χ1n) is 13.5. The van der Waals surface area contributed by atoms with Gasteiger partial charge in [0, 0.05) is 23.7 Å². The maximum absolute atomic E-state index is 9.21. The SMILES string of the molecule is COc1ccc(OCCN(CCC#N)c2ccc(N=C3C(c4ccccc4Cl)=Nn4nc(C5CC5)nc43)cc2)cc1. The standard InChI is InChI=1S/C31H28ClN7O2/c1-40-24-13-15-25(16-14-24)41-20-19-38(18-4-17-33)23-11-9-22(10-12-23)34-29-28(26-5-2-3-6-27(26)32)36-39-31(29)35-30(37-39)21-7-8-21/h2-3,5-6,9-16,21H,4,7-8,18-20H2,1H3. The van der Waals surface area contributed by atoms with Crippen LogP contribution in [-0.4, -0.2) is 53.1 Å². The minimum atomic E-state index is 0.403. The molecule has 1 aliphatic heterocycles. The van der Waals surface area contributed by atoms with Crippen LogP contribution in [0.4, 0.5) is 11.4 Å². The van der Waals surface area contributed by atoms with Gasteiger partial charge in [0.2, 0.25) is 5.82 Å². The summed E-state index contributed by atoms with van der Waals surface area (Å²) in [5.41, 5.74) is 3.79. The Labute approximate surface area is 243 Å². The van der Waals surface area contributed by atoms with Gasteiger partial charge >= 0.3 is 0 Å². The summed E-state index contributed by atoms with van der Waals surface area (Å²) in [7, 11) is 1.64. The van der Waals surface area contributed by atoms with E-state index in [9.17, 15) is 5.26 Å². The summed E-state index contributed by atoms with van der Waals surface area (Å²) < 4.78 is 11.1. The van der Waals surface area contributed by atoms with Gasteiger partial charge in [0.25, 0.3) is 0 Å². The number of nitriles is 1. The normalized spacial score (nSPS) is 14.9. The van der Waals surface area contributed by atoms with Crippen LogP contribution in [0.5, 0.6) is 11.5 Å². The predicted molar refractivity (Wildman–Crippen MR) is 159 cm³/mol. The number of nitrogens with zero attached hydrogens (tertiary/aromatic N) is 7. The number of ether oxygens (including phenoxy) is 2. The van der Waals surface area contributed by atoms with Crippen LogP contribution in [0.3, 0.4) is 0 Å². The largest absolute Gasteiger partial charge is 0.497 e. The highest BCUT2D eigenvalue weighted by Gasteiger charge is 2.34. The van der Waals surface area contributed by atoms with Gasteiger partial charge in [-0.25, -0.2) is 9.98 Å². The predicted octanol–water partition coefficient (Wildman–Crippen LogP) is 6.00. The van der Waals surface area contributed by atoms with Crippen molar-refractivity contribution >= 4 is 34.4 Å². The van der Waals surface area contributed by atoms with E-state index in [1.54, 1.807) is 11.9 Å². The van der Waals surface area contributed by atoms with Gasteiger partial charge < -0.3 is 14.4 Å². The second kappa shape index (κ2) is 11.8. The Hall–Kier alpha value is -4.68. The topological polar surface area (TPSA) is 101 Å². The maximum Gasteiger partial charge on any atom is 0.204 e. The average molecular weight is 566 g/mol. The van der Waals surface area contributed by atoms with Gasteiger partial charge in [-0.15, -0.1) is 15.0 Å². The van der Waals surface area contributed by atoms with E-state index in [1.807, 2.05) is 72.8 Å². The number of halogens is 1. The van der Waals surface area contributed by atoms with E-state index in [2.05, 4.69) is 16.1 Å². The van der Waals surface area contributed by atoms with E-state index in [1.165, 1.54) is 0 Å². The Morgan fingerprint density at radius 1 is 1.02 bits per heavy atom. The highest BCUT2D eigenvalue weighted by atomic mass is 35.5. The molecule has 1 fully saturated rings. The van der Waals surface area contributed by atoms with E-state index < -0.39 is 0 Å². The summed E-state index contributed by atoms with van der Waals surface area (Å²) in [5, 5.41) is 19.1. The van der Waals surface area contributed by atoms with Crippen LogP contribution >= 0.6 is 11.6 Å². The summed E-state index contributed by atoms with van der Waals surface area (Å²) in [4.78, 5) is 13.5. The number of fused-ring (bicyclic) bond motifs is 1. The molecule has 4 aromatic rings. The van der Waals surface area contributed by atoms with Crippen LogP contribution < -0.4 is 14.4 Å². The van der Waals surface area contributed by atoms with Gasteiger partial charge in [0.05, 0.1) is 36.9 Å². The van der Waals surface area contributed by atoms with Gasteiger partial charge in [0.15, 0.2) is 5.82 Å². The highest BCUT2D eigenvalue weighted by molar-refractivity contribution is 6.56. The average Bonchev–Trinajstić information content (AvgIpc) is 3.69. The Bertz CT molecular complexity index is 1630. The minimum Gasteiger partial charge on any atom is -0.497 e. The number of benzene rings is 3. The number of hydrogen-bond acceptors (Lipinski definition) is 8. The Morgan fingerprint density at radius 3 is 2.49 bits per heavy atom. The molecule has 1 aromatic heterocycles. The third-order valence-corrected chi connectivity index (χ3v) is 7.28. The summed E-state index contributed by atoms with van der Waals surface area (Å²) in [5.74, 6) is 3.39. The molecule has 206 valence electrons. The molecule has 41 heavy (non-hydrogen) atoms. The lowest BCUT2D eigenvalue weighted by atomic mass is 10.1. The zero-order valence-corrected chi connectivity index (χ0v) is 23.3. The number of hydrogen-bond donors (Lipinski definition) is 0. The lowest BCUT2D eigenvalue weighted by molar-refractivity contribution is 0.323. The lowest BCUT2D eigenvalue weighted by Crippen LogP contribution is -2.29. The van der Waals surface area contributed by atoms with Gasteiger partial charge in [-0.3, -0.25) is 0 Å². The molecule has 0 radical (unpaired) electrons. The first-order chi connectivity index (χ1) is 20.1. The first kappa shape index (κ1) is 26.5. The number of rotatable bonds is 11. The van der Waals surface area contributed by atoms with Crippen molar-refractivity contribution in [3.05, 3.63) is 95.0 Å². The molecule has 0 bridgehead atoms. The smallest absolute Gasteiger partial charge is 0.204 e. The van der Waals surface area contributed by atoms with Gasteiger partial charge in [-0.2, -0.15) is 5.26 Å². The Balaban J connectivity index is 1.22.